The van der Waals surface area contributed by atoms with Gasteiger partial charge < -0.3 is 10.7 Å². The first kappa shape index (κ1) is 12.5. The van der Waals surface area contributed by atoms with Gasteiger partial charge in [-0.1, -0.05) is 0 Å². The Morgan fingerprint density at radius 1 is 1.50 bits per heavy atom. The summed E-state index contributed by atoms with van der Waals surface area (Å²) in [5, 5.41) is 3.75. The predicted octanol–water partition coefficient (Wildman–Crippen LogP) is 0.967. The number of aromatic amines is 1. The minimum absolute atomic E-state index is 0.0282. The highest BCUT2D eigenvalue weighted by Crippen LogP contribution is 2.21. The van der Waals surface area contributed by atoms with E-state index in [1.807, 2.05) is 23.8 Å². The van der Waals surface area contributed by atoms with Gasteiger partial charge in [-0.25, -0.2) is 14.8 Å². The monoisotopic (exact) mass is 289 g/mol. The highest BCUT2D eigenvalue weighted by Gasteiger charge is 2.18. The molecule has 8 heteroatoms. The molecule has 0 aliphatic carbocycles. The molecule has 20 heavy (non-hydrogen) atoms. The number of H-pyrrole nitrogens is 1. The van der Waals surface area contributed by atoms with Gasteiger partial charge in [0.1, 0.15) is 5.52 Å². The van der Waals surface area contributed by atoms with Crippen molar-refractivity contribution in [1.82, 2.24) is 19.5 Å². The third kappa shape index (κ3) is 1.81. The maximum Gasteiger partial charge on any atom is 0.327 e. The Labute approximate surface area is 117 Å². The van der Waals surface area contributed by atoms with E-state index in [0.29, 0.717) is 18.0 Å². The van der Waals surface area contributed by atoms with Crippen molar-refractivity contribution in [1.29, 1.82) is 0 Å². The highest BCUT2D eigenvalue weighted by atomic mass is 32.1. The zero-order valence-electron chi connectivity index (χ0n) is 10.6. The van der Waals surface area contributed by atoms with E-state index in [2.05, 4.69) is 15.0 Å². The number of nitrogens with zero attached hydrogens (tertiary/aromatic N) is 3. The van der Waals surface area contributed by atoms with Gasteiger partial charge in [0.25, 0.3) is 5.91 Å². The second-order valence-corrected chi connectivity index (χ2v) is 4.93. The predicted molar refractivity (Wildman–Crippen MR) is 75.7 cm³/mol. The number of aromatic nitrogens is 4. The van der Waals surface area contributed by atoms with Crippen LogP contribution in [0.3, 0.4) is 0 Å². The maximum atomic E-state index is 11.8. The molecule has 3 heterocycles. The molecule has 0 radical (unpaired) electrons. The molecule has 0 saturated carbocycles. The lowest BCUT2D eigenvalue weighted by molar-refractivity contribution is 0.0997. The normalized spacial score (nSPS) is 11.1. The number of hydrogen-bond acceptors (Lipinski definition) is 5. The molecule has 3 rings (SSSR count). The Hall–Kier alpha value is -2.48. The largest absolute Gasteiger partial charge is 0.364 e. The van der Waals surface area contributed by atoms with Crippen molar-refractivity contribution in [3.63, 3.8) is 0 Å². The first-order chi connectivity index (χ1) is 9.61. The SMILES string of the molecule is CCn1c(=O)[nH]c2c(C(N)=O)nc(-c3ccsc3)nc21. The molecule has 0 unspecified atom stereocenters. The van der Waals surface area contributed by atoms with Crippen molar-refractivity contribution in [2.75, 3.05) is 0 Å². The first-order valence-corrected chi connectivity index (χ1v) is 6.89. The van der Waals surface area contributed by atoms with Crippen LogP contribution in [0, 0.1) is 0 Å². The molecule has 0 spiro atoms. The molecule has 3 N–H and O–H groups in total. The van der Waals surface area contributed by atoms with Crippen molar-refractivity contribution in [2.24, 2.45) is 5.73 Å². The number of carbonyl (C=O) groups is 1. The number of fused-ring (bicyclic) bond motifs is 1. The van der Waals surface area contributed by atoms with Crippen LogP contribution in [0.25, 0.3) is 22.6 Å². The van der Waals surface area contributed by atoms with Crippen LogP contribution >= 0.6 is 11.3 Å². The van der Waals surface area contributed by atoms with Gasteiger partial charge in [-0.3, -0.25) is 9.36 Å². The molecule has 0 fully saturated rings. The van der Waals surface area contributed by atoms with Gasteiger partial charge in [-0.2, -0.15) is 11.3 Å². The van der Waals surface area contributed by atoms with E-state index in [0.717, 1.165) is 5.56 Å². The number of hydrogen-bond donors (Lipinski definition) is 2. The van der Waals surface area contributed by atoms with Gasteiger partial charge in [0.05, 0.1) is 0 Å². The van der Waals surface area contributed by atoms with Crippen LogP contribution in [0.5, 0.6) is 0 Å². The van der Waals surface area contributed by atoms with Gasteiger partial charge in [0.15, 0.2) is 17.2 Å². The van der Waals surface area contributed by atoms with Crippen molar-refractivity contribution in [3.8, 4) is 11.4 Å². The molecule has 102 valence electrons. The van der Waals surface area contributed by atoms with Crippen LogP contribution in [0.1, 0.15) is 17.4 Å². The lowest BCUT2D eigenvalue weighted by Gasteiger charge is -2.03. The van der Waals surface area contributed by atoms with E-state index in [1.54, 1.807) is 0 Å². The average Bonchev–Trinajstić information content (AvgIpc) is 3.03. The zero-order chi connectivity index (χ0) is 14.3. The smallest absolute Gasteiger partial charge is 0.327 e. The molecule has 0 saturated heterocycles. The van der Waals surface area contributed by atoms with E-state index in [1.165, 1.54) is 15.9 Å². The second kappa shape index (κ2) is 4.57. The first-order valence-electron chi connectivity index (χ1n) is 5.94. The molecule has 3 aromatic rings. The van der Waals surface area contributed by atoms with Gasteiger partial charge in [-0.05, 0) is 18.4 Å². The number of amides is 1. The Morgan fingerprint density at radius 3 is 2.90 bits per heavy atom. The van der Waals surface area contributed by atoms with Crippen LogP contribution in [-0.4, -0.2) is 25.4 Å². The van der Waals surface area contributed by atoms with Gasteiger partial charge in [0, 0.05) is 17.5 Å². The molecular weight excluding hydrogens is 278 g/mol. The van der Waals surface area contributed by atoms with Gasteiger partial charge in [-0.15, -0.1) is 0 Å². The molecule has 1 amide bonds. The minimum atomic E-state index is -0.696. The number of imidazole rings is 1. The number of thiophene rings is 1. The minimum Gasteiger partial charge on any atom is -0.364 e. The van der Waals surface area contributed by atoms with Crippen LogP contribution in [-0.2, 0) is 6.54 Å². The number of nitrogens with two attached hydrogens (primary N) is 1. The average molecular weight is 289 g/mol. The summed E-state index contributed by atoms with van der Waals surface area (Å²) in [7, 11) is 0. The summed E-state index contributed by atoms with van der Waals surface area (Å²) in [5.41, 5.74) is 6.50. The van der Waals surface area contributed by atoms with Crippen molar-refractivity contribution in [3.05, 3.63) is 33.0 Å². The quantitative estimate of drug-likeness (QED) is 0.749. The van der Waals surface area contributed by atoms with E-state index in [-0.39, 0.29) is 16.9 Å². The summed E-state index contributed by atoms with van der Waals surface area (Å²) >= 11 is 1.50. The fourth-order valence-electron chi connectivity index (χ4n) is 2.02. The van der Waals surface area contributed by atoms with E-state index < -0.39 is 5.91 Å². The number of rotatable bonds is 3. The number of nitrogens with one attached hydrogen (secondary N) is 1. The second-order valence-electron chi connectivity index (χ2n) is 4.15. The molecule has 0 aliphatic heterocycles. The summed E-state index contributed by atoms with van der Waals surface area (Å²) in [6, 6.07) is 1.84. The standard InChI is InChI=1S/C12H11N5O2S/c1-2-17-11-8(15-12(17)19)7(9(13)18)14-10(16-11)6-3-4-20-5-6/h3-5H,2H2,1H3,(H2,13,18)(H,15,19). The molecule has 0 atom stereocenters. The molecule has 7 nitrogen and oxygen atoms in total. The van der Waals surface area contributed by atoms with Crippen LogP contribution < -0.4 is 11.4 Å². The Morgan fingerprint density at radius 2 is 2.30 bits per heavy atom. The number of primary amides is 1. The fraction of sp³-hybridized carbons (Fsp3) is 0.167. The van der Waals surface area contributed by atoms with Gasteiger partial charge >= 0.3 is 5.69 Å². The third-order valence-electron chi connectivity index (χ3n) is 2.95. The number of aryl methyl sites for hydroxylation is 1. The third-order valence-corrected chi connectivity index (χ3v) is 3.63. The topological polar surface area (TPSA) is 107 Å². The van der Waals surface area contributed by atoms with Crippen molar-refractivity contribution < 1.29 is 4.79 Å². The van der Waals surface area contributed by atoms with E-state index in [9.17, 15) is 9.59 Å². The van der Waals surface area contributed by atoms with Crippen LogP contribution in [0.15, 0.2) is 21.6 Å². The summed E-state index contributed by atoms with van der Waals surface area (Å²) < 4.78 is 1.44. The zero-order valence-corrected chi connectivity index (χ0v) is 11.4. The fourth-order valence-corrected chi connectivity index (χ4v) is 2.66. The Bertz CT molecular complexity index is 847. The lowest BCUT2D eigenvalue weighted by atomic mass is 10.3. The lowest BCUT2D eigenvalue weighted by Crippen LogP contribution is -2.15. The molecule has 0 bridgehead atoms. The summed E-state index contributed by atoms with van der Waals surface area (Å²) in [6.07, 6.45) is 0. The maximum absolute atomic E-state index is 11.8. The molecular formula is C12H11N5O2S. The van der Waals surface area contributed by atoms with E-state index >= 15 is 0 Å². The van der Waals surface area contributed by atoms with Crippen LogP contribution in [0.2, 0.25) is 0 Å². The van der Waals surface area contributed by atoms with Crippen molar-refractivity contribution in [2.45, 2.75) is 13.5 Å². The summed E-state index contributed by atoms with van der Waals surface area (Å²) in [4.78, 5) is 34.5. The molecule has 0 aromatic carbocycles. The summed E-state index contributed by atoms with van der Waals surface area (Å²) in [5.74, 6) is -0.313. The van der Waals surface area contributed by atoms with Crippen molar-refractivity contribution >= 4 is 28.4 Å². The van der Waals surface area contributed by atoms with Crippen LogP contribution in [0.4, 0.5) is 0 Å². The summed E-state index contributed by atoms with van der Waals surface area (Å²) in [6.45, 7) is 2.27. The Balaban J connectivity index is 2.40. The number of carbonyl (C=O) groups excluding carboxylic acids is 1. The highest BCUT2D eigenvalue weighted by molar-refractivity contribution is 7.08. The molecule has 0 aliphatic rings. The Kier molecular flexibility index (Phi) is 2.87. The molecule has 3 aromatic heterocycles. The van der Waals surface area contributed by atoms with E-state index in [4.69, 9.17) is 5.73 Å². The van der Waals surface area contributed by atoms with Gasteiger partial charge in [0.2, 0.25) is 0 Å².